The lowest BCUT2D eigenvalue weighted by Gasteiger charge is -2.25. The van der Waals surface area contributed by atoms with Crippen molar-refractivity contribution in [3.05, 3.63) is 59.4 Å². The Hall–Kier alpha value is -2.62. The largest absolute Gasteiger partial charge is 0.494 e. The second-order valence-electron chi connectivity index (χ2n) is 6.71. The molecule has 0 N–H and O–H groups in total. The molecule has 0 radical (unpaired) electrons. The average molecular weight is 336 g/mol. The van der Waals surface area contributed by atoms with E-state index in [0.29, 0.717) is 6.42 Å². The standard InChI is InChI=1S/C21H24N2O2/c1-13(2)16-10-17(14(3)20(24)11-16)18-12-22-23(15(18)4)19-8-6-7-9-21(19)25-5/h6-9,12,16H,1,10-11H2,2-5H3. The Morgan fingerprint density at radius 1 is 1.28 bits per heavy atom. The highest BCUT2D eigenvalue weighted by molar-refractivity contribution is 6.04. The smallest absolute Gasteiger partial charge is 0.159 e. The maximum atomic E-state index is 12.4. The van der Waals surface area contributed by atoms with E-state index in [-0.39, 0.29) is 11.7 Å². The Balaban J connectivity index is 2.08. The number of ether oxygens (including phenoxy) is 1. The van der Waals surface area contributed by atoms with E-state index in [1.807, 2.05) is 55.9 Å². The molecule has 0 fully saturated rings. The lowest BCUT2D eigenvalue weighted by atomic mass is 9.78. The van der Waals surface area contributed by atoms with Crippen LogP contribution in [-0.2, 0) is 4.79 Å². The maximum Gasteiger partial charge on any atom is 0.159 e. The van der Waals surface area contributed by atoms with Gasteiger partial charge in [-0.25, -0.2) is 4.68 Å². The molecule has 0 aliphatic heterocycles. The molecule has 0 saturated carbocycles. The summed E-state index contributed by atoms with van der Waals surface area (Å²) in [6, 6.07) is 7.80. The van der Waals surface area contributed by atoms with Crippen molar-refractivity contribution in [3.8, 4) is 11.4 Å². The van der Waals surface area contributed by atoms with E-state index in [1.165, 1.54) is 0 Å². The van der Waals surface area contributed by atoms with Gasteiger partial charge in [-0.15, -0.1) is 0 Å². The third-order valence-electron chi connectivity index (χ3n) is 5.10. The van der Waals surface area contributed by atoms with Crippen molar-refractivity contribution in [1.82, 2.24) is 9.78 Å². The molecule has 4 nitrogen and oxygen atoms in total. The van der Waals surface area contributed by atoms with Crippen LogP contribution in [0, 0.1) is 12.8 Å². The average Bonchev–Trinajstić information content (AvgIpc) is 2.98. The van der Waals surface area contributed by atoms with Gasteiger partial charge in [0.25, 0.3) is 0 Å². The minimum Gasteiger partial charge on any atom is -0.494 e. The van der Waals surface area contributed by atoms with Crippen molar-refractivity contribution in [1.29, 1.82) is 0 Å². The number of allylic oxidation sites excluding steroid dienone is 3. The van der Waals surface area contributed by atoms with Gasteiger partial charge in [0, 0.05) is 17.7 Å². The molecule has 1 atom stereocenters. The number of hydrogen-bond acceptors (Lipinski definition) is 3. The third-order valence-corrected chi connectivity index (χ3v) is 5.10. The zero-order valence-corrected chi connectivity index (χ0v) is 15.3. The van der Waals surface area contributed by atoms with E-state index in [1.54, 1.807) is 7.11 Å². The van der Waals surface area contributed by atoms with E-state index in [9.17, 15) is 4.79 Å². The second kappa shape index (κ2) is 6.71. The topological polar surface area (TPSA) is 44.1 Å². The number of nitrogens with zero attached hydrogens (tertiary/aromatic N) is 2. The van der Waals surface area contributed by atoms with Gasteiger partial charge in [0.1, 0.15) is 11.4 Å². The maximum absolute atomic E-state index is 12.4. The molecule has 1 aromatic heterocycles. The number of aromatic nitrogens is 2. The summed E-state index contributed by atoms with van der Waals surface area (Å²) in [5, 5.41) is 4.57. The number of carbonyl (C=O) groups is 1. The number of rotatable bonds is 4. The highest BCUT2D eigenvalue weighted by Crippen LogP contribution is 2.38. The van der Waals surface area contributed by atoms with E-state index in [4.69, 9.17) is 4.74 Å². The summed E-state index contributed by atoms with van der Waals surface area (Å²) in [7, 11) is 1.66. The molecule has 1 aliphatic carbocycles. The number of benzene rings is 1. The third kappa shape index (κ3) is 3.04. The van der Waals surface area contributed by atoms with Gasteiger partial charge < -0.3 is 4.74 Å². The van der Waals surface area contributed by atoms with Crippen molar-refractivity contribution in [2.75, 3.05) is 7.11 Å². The molecule has 0 spiro atoms. The summed E-state index contributed by atoms with van der Waals surface area (Å²) < 4.78 is 7.34. The van der Waals surface area contributed by atoms with E-state index < -0.39 is 0 Å². The molecule has 4 heteroatoms. The van der Waals surface area contributed by atoms with Gasteiger partial charge in [0.15, 0.2) is 5.78 Å². The molecule has 130 valence electrons. The minimum atomic E-state index is 0.207. The highest BCUT2D eigenvalue weighted by Gasteiger charge is 2.28. The number of Topliss-reactive ketones (excluding diaryl/α,β-unsaturated/α-hetero) is 1. The summed E-state index contributed by atoms with van der Waals surface area (Å²) in [5.41, 5.74) is 5.93. The summed E-state index contributed by atoms with van der Waals surface area (Å²) in [6.45, 7) is 10.0. The lowest BCUT2D eigenvalue weighted by molar-refractivity contribution is -0.116. The van der Waals surface area contributed by atoms with Crippen LogP contribution in [0.25, 0.3) is 11.3 Å². The van der Waals surface area contributed by atoms with Crippen LogP contribution in [0.5, 0.6) is 5.75 Å². The Labute approximate surface area is 148 Å². The minimum absolute atomic E-state index is 0.207. The molecular formula is C21H24N2O2. The molecule has 1 aliphatic rings. The molecule has 0 bridgehead atoms. The molecule has 1 unspecified atom stereocenters. The van der Waals surface area contributed by atoms with Crippen molar-refractivity contribution >= 4 is 11.4 Å². The van der Waals surface area contributed by atoms with Crippen LogP contribution in [0.15, 0.2) is 48.2 Å². The Bertz CT molecular complexity index is 874. The Morgan fingerprint density at radius 3 is 2.68 bits per heavy atom. The number of ketones is 1. The zero-order chi connectivity index (χ0) is 18.1. The first kappa shape index (κ1) is 17.2. The molecule has 2 aromatic rings. The summed E-state index contributed by atoms with van der Waals surface area (Å²) in [4.78, 5) is 12.4. The van der Waals surface area contributed by atoms with Gasteiger partial charge in [0.05, 0.1) is 13.3 Å². The molecule has 1 aromatic carbocycles. The molecule has 1 heterocycles. The van der Waals surface area contributed by atoms with Gasteiger partial charge >= 0.3 is 0 Å². The fraction of sp³-hybridized carbons (Fsp3) is 0.333. The number of methoxy groups -OCH3 is 1. The van der Waals surface area contributed by atoms with Crippen LogP contribution in [0.3, 0.4) is 0 Å². The first-order valence-corrected chi connectivity index (χ1v) is 8.50. The molecular weight excluding hydrogens is 312 g/mol. The zero-order valence-electron chi connectivity index (χ0n) is 15.3. The van der Waals surface area contributed by atoms with Crippen LogP contribution >= 0.6 is 0 Å². The van der Waals surface area contributed by atoms with E-state index in [0.717, 1.165) is 45.8 Å². The first-order valence-electron chi connectivity index (χ1n) is 8.50. The first-order chi connectivity index (χ1) is 11.9. The molecule has 0 saturated heterocycles. The van der Waals surface area contributed by atoms with Crippen molar-refractivity contribution in [2.45, 2.75) is 33.6 Å². The van der Waals surface area contributed by atoms with Crippen LogP contribution < -0.4 is 4.74 Å². The predicted molar refractivity (Wildman–Crippen MR) is 100.0 cm³/mol. The van der Waals surface area contributed by atoms with Gasteiger partial charge in [-0.05, 0) is 56.4 Å². The summed E-state index contributed by atoms with van der Waals surface area (Å²) in [5.74, 6) is 1.18. The number of para-hydroxylation sites is 2. The van der Waals surface area contributed by atoms with Gasteiger partial charge in [0.2, 0.25) is 0 Å². The molecule has 25 heavy (non-hydrogen) atoms. The molecule has 0 amide bonds. The van der Waals surface area contributed by atoms with Gasteiger partial charge in [-0.3, -0.25) is 4.79 Å². The van der Waals surface area contributed by atoms with Crippen LogP contribution in [0.4, 0.5) is 0 Å². The monoisotopic (exact) mass is 336 g/mol. The predicted octanol–water partition coefficient (Wildman–Crippen LogP) is 4.52. The van der Waals surface area contributed by atoms with Crippen LogP contribution in [-0.4, -0.2) is 22.7 Å². The lowest BCUT2D eigenvalue weighted by Crippen LogP contribution is -2.18. The fourth-order valence-electron chi connectivity index (χ4n) is 3.43. The van der Waals surface area contributed by atoms with Crippen LogP contribution in [0.2, 0.25) is 0 Å². The van der Waals surface area contributed by atoms with Crippen molar-refractivity contribution < 1.29 is 9.53 Å². The van der Waals surface area contributed by atoms with E-state index in [2.05, 4.69) is 11.7 Å². The summed E-state index contributed by atoms with van der Waals surface area (Å²) >= 11 is 0. The normalized spacial score (nSPS) is 17.8. The van der Waals surface area contributed by atoms with Crippen molar-refractivity contribution in [3.63, 3.8) is 0 Å². The second-order valence-corrected chi connectivity index (χ2v) is 6.71. The van der Waals surface area contributed by atoms with Gasteiger partial charge in [-0.1, -0.05) is 24.3 Å². The quantitative estimate of drug-likeness (QED) is 0.771. The van der Waals surface area contributed by atoms with Gasteiger partial charge in [-0.2, -0.15) is 5.10 Å². The number of hydrogen-bond donors (Lipinski definition) is 0. The number of carbonyl (C=O) groups excluding carboxylic acids is 1. The van der Waals surface area contributed by atoms with E-state index >= 15 is 0 Å². The Morgan fingerprint density at radius 2 is 2.00 bits per heavy atom. The summed E-state index contributed by atoms with van der Waals surface area (Å²) in [6.07, 6.45) is 3.25. The Kier molecular flexibility index (Phi) is 4.62. The fourth-order valence-corrected chi connectivity index (χ4v) is 3.43. The van der Waals surface area contributed by atoms with Crippen molar-refractivity contribution in [2.24, 2.45) is 5.92 Å². The van der Waals surface area contributed by atoms with Crippen LogP contribution in [0.1, 0.15) is 37.9 Å². The SMILES string of the molecule is C=C(C)C1CC(=O)C(C)=C(c2cnn(-c3ccccc3OC)c2C)C1. The highest BCUT2D eigenvalue weighted by atomic mass is 16.5. The molecule has 3 rings (SSSR count).